The maximum atomic E-state index is 5.60. The zero-order chi connectivity index (χ0) is 16.3. The summed E-state index contributed by atoms with van der Waals surface area (Å²) in [6, 6.07) is 0. The second-order valence-corrected chi connectivity index (χ2v) is 7.65. The Morgan fingerprint density at radius 2 is 0.864 bits per heavy atom. The van der Waals surface area contributed by atoms with Gasteiger partial charge in [-0.05, 0) is 13.0 Å². The molecule has 0 unspecified atom stereocenters. The first-order valence-corrected chi connectivity index (χ1v) is 10.7. The SMILES string of the molecule is CCCCCCCCCCCCCCCCCCNC(Cl)Cl. The van der Waals surface area contributed by atoms with Crippen molar-refractivity contribution in [3.8, 4) is 0 Å². The lowest BCUT2D eigenvalue weighted by atomic mass is 10.0. The molecule has 0 rings (SSSR count). The normalized spacial score (nSPS) is 11.5. The van der Waals surface area contributed by atoms with Crippen molar-refractivity contribution in [2.24, 2.45) is 0 Å². The Labute approximate surface area is 149 Å². The molecular formula is C19H39Cl2N. The Balaban J connectivity index is 2.94. The van der Waals surface area contributed by atoms with Crippen molar-refractivity contribution in [1.29, 1.82) is 0 Å². The monoisotopic (exact) mass is 351 g/mol. The second-order valence-electron chi connectivity index (χ2n) is 6.56. The van der Waals surface area contributed by atoms with Crippen molar-refractivity contribution in [2.75, 3.05) is 6.54 Å². The van der Waals surface area contributed by atoms with E-state index >= 15 is 0 Å². The van der Waals surface area contributed by atoms with Crippen LogP contribution in [0.15, 0.2) is 0 Å². The molecule has 3 heteroatoms. The van der Waals surface area contributed by atoms with Crippen LogP contribution in [-0.2, 0) is 0 Å². The standard InChI is InChI=1S/C19H39Cl2N/c1-2-3-4-5-6-7-8-9-10-11-12-13-14-15-16-17-18-22-19(20)21/h19,22H,2-18H2,1H3. The van der Waals surface area contributed by atoms with Crippen LogP contribution in [0.4, 0.5) is 0 Å². The summed E-state index contributed by atoms with van der Waals surface area (Å²) >= 11 is 11.2. The fourth-order valence-electron chi connectivity index (χ4n) is 2.88. The van der Waals surface area contributed by atoms with Crippen LogP contribution >= 0.6 is 23.2 Å². The topological polar surface area (TPSA) is 12.0 Å². The van der Waals surface area contributed by atoms with Crippen LogP contribution in [0.1, 0.15) is 110 Å². The molecule has 134 valence electrons. The van der Waals surface area contributed by atoms with Crippen LogP contribution in [0.5, 0.6) is 0 Å². The van der Waals surface area contributed by atoms with E-state index in [2.05, 4.69) is 12.2 Å². The molecule has 0 spiro atoms. The van der Waals surface area contributed by atoms with Gasteiger partial charge in [0.25, 0.3) is 0 Å². The van der Waals surface area contributed by atoms with Crippen LogP contribution in [0.2, 0.25) is 0 Å². The maximum absolute atomic E-state index is 5.60. The van der Waals surface area contributed by atoms with Crippen LogP contribution < -0.4 is 5.32 Å². The van der Waals surface area contributed by atoms with E-state index in [4.69, 9.17) is 23.2 Å². The summed E-state index contributed by atoms with van der Waals surface area (Å²) < 4.78 is 0. The summed E-state index contributed by atoms with van der Waals surface area (Å²) in [5.74, 6) is 0. The van der Waals surface area contributed by atoms with Crippen molar-refractivity contribution in [3.05, 3.63) is 0 Å². The molecule has 0 aliphatic carbocycles. The summed E-state index contributed by atoms with van der Waals surface area (Å²) in [5, 5.41) is 3.03. The molecule has 1 N–H and O–H groups in total. The molecule has 22 heavy (non-hydrogen) atoms. The molecule has 0 amide bonds. The second kappa shape index (κ2) is 19.6. The predicted molar refractivity (Wildman–Crippen MR) is 103 cm³/mol. The molecule has 0 aliphatic rings. The van der Waals surface area contributed by atoms with Gasteiger partial charge in [0, 0.05) is 0 Å². The minimum Gasteiger partial charge on any atom is -0.289 e. The number of rotatable bonds is 18. The van der Waals surface area contributed by atoms with Gasteiger partial charge in [-0.25, -0.2) is 0 Å². The van der Waals surface area contributed by atoms with Crippen LogP contribution in [0, 0.1) is 0 Å². The van der Waals surface area contributed by atoms with Crippen molar-refractivity contribution in [2.45, 2.75) is 115 Å². The smallest absolute Gasteiger partial charge is 0.158 e. The Kier molecular flexibility index (Phi) is 20.1. The van der Waals surface area contributed by atoms with E-state index in [0.717, 1.165) is 6.54 Å². The van der Waals surface area contributed by atoms with E-state index in [-0.39, 0.29) is 0 Å². The number of hydrogen-bond donors (Lipinski definition) is 1. The summed E-state index contributed by atoms with van der Waals surface area (Å²) in [5.41, 5.74) is 0. The van der Waals surface area contributed by atoms with Gasteiger partial charge in [-0.15, -0.1) is 0 Å². The average molecular weight is 352 g/mol. The van der Waals surface area contributed by atoms with Gasteiger partial charge in [0.1, 0.15) is 0 Å². The summed E-state index contributed by atoms with van der Waals surface area (Å²) in [6.45, 7) is 3.23. The highest BCUT2D eigenvalue weighted by atomic mass is 35.5. The zero-order valence-corrected chi connectivity index (χ0v) is 16.4. The van der Waals surface area contributed by atoms with E-state index in [1.165, 1.54) is 103 Å². The van der Waals surface area contributed by atoms with Gasteiger partial charge in [0.05, 0.1) is 0 Å². The lowest BCUT2D eigenvalue weighted by molar-refractivity contribution is 0.527. The Hall–Kier alpha value is 0.540. The van der Waals surface area contributed by atoms with Crippen molar-refractivity contribution >= 4 is 23.2 Å². The zero-order valence-electron chi connectivity index (χ0n) is 14.9. The van der Waals surface area contributed by atoms with Crippen molar-refractivity contribution in [3.63, 3.8) is 0 Å². The average Bonchev–Trinajstić information content (AvgIpc) is 2.50. The van der Waals surface area contributed by atoms with E-state index in [1.807, 2.05) is 0 Å². The minimum atomic E-state index is -0.406. The predicted octanol–water partition coefficient (Wildman–Crippen LogP) is 7.60. The van der Waals surface area contributed by atoms with Crippen LogP contribution in [0.25, 0.3) is 0 Å². The van der Waals surface area contributed by atoms with E-state index < -0.39 is 4.96 Å². The number of hydrogen-bond acceptors (Lipinski definition) is 1. The van der Waals surface area contributed by atoms with E-state index in [0.29, 0.717) is 0 Å². The van der Waals surface area contributed by atoms with Crippen molar-refractivity contribution in [1.82, 2.24) is 5.32 Å². The molecule has 0 aliphatic heterocycles. The number of alkyl halides is 2. The van der Waals surface area contributed by atoms with Gasteiger partial charge in [0.15, 0.2) is 4.96 Å². The first-order valence-electron chi connectivity index (χ1n) is 9.79. The quantitative estimate of drug-likeness (QED) is 0.152. The molecule has 0 heterocycles. The van der Waals surface area contributed by atoms with Crippen LogP contribution in [0.3, 0.4) is 0 Å². The Morgan fingerprint density at radius 3 is 1.18 bits per heavy atom. The molecule has 0 fully saturated rings. The van der Waals surface area contributed by atoms with Crippen molar-refractivity contribution < 1.29 is 0 Å². The fourth-order valence-corrected chi connectivity index (χ4v) is 3.10. The lowest BCUT2D eigenvalue weighted by Gasteiger charge is -2.05. The highest BCUT2D eigenvalue weighted by molar-refractivity contribution is 6.43. The van der Waals surface area contributed by atoms with E-state index in [1.54, 1.807) is 0 Å². The molecule has 0 aromatic carbocycles. The van der Waals surface area contributed by atoms with E-state index in [9.17, 15) is 0 Å². The van der Waals surface area contributed by atoms with Gasteiger partial charge in [-0.1, -0.05) is 126 Å². The van der Waals surface area contributed by atoms with Gasteiger partial charge < -0.3 is 0 Å². The lowest BCUT2D eigenvalue weighted by Crippen LogP contribution is -2.19. The highest BCUT2D eigenvalue weighted by Crippen LogP contribution is 2.13. The number of nitrogens with one attached hydrogen (secondary N) is 1. The molecule has 0 aromatic heterocycles. The third-order valence-corrected chi connectivity index (χ3v) is 4.64. The fraction of sp³-hybridized carbons (Fsp3) is 1.00. The Morgan fingerprint density at radius 1 is 0.545 bits per heavy atom. The van der Waals surface area contributed by atoms with Gasteiger partial charge >= 0.3 is 0 Å². The Bertz CT molecular complexity index is 198. The third kappa shape index (κ3) is 20.5. The molecule has 0 aromatic rings. The third-order valence-electron chi connectivity index (χ3n) is 4.33. The largest absolute Gasteiger partial charge is 0.289 e. The van der Waals surface area contributed by atoms with Gasteiger partial charge in [-0.3, -0.25) is 5.32 Å². The molecular weight excluding hydrogens is 313 g/mol. The van der Waals surface area contributed by atoms with Gasteiger partial charge in [-0.2, -0.15) is 0 Å². The number of unbranched alkanes of at least 4 members (excludes halogenated alkanes) is 15. The molecule has 1 nitrogen and oxygen atoms in total. The number of halogens is 2. The minimum absolute atomic E-state index is 0.406. The summed E-state index contributed by atoms with van der Waals surface area (Å²) in [4.78, 5) is -0.406. The molecule has 0 bridgehead atoms. The first kappa shape index (κ1) is 22.5. The summed E-state index contributed by atoms with van der Waals surface area (Å²) in [7, 11) is 0. The molecule has 0 saturated carbocycles. The summed E-state index contributed by atoms with van der Waals surface area (Å²) in [6.07, 6.45) is 22.5. The van der Waals surface area contributed by atoms with Gasteiger partial charge in [0.2, 0.25) is 0 Å². The maximum Gasteiger partial charge on any atom is 0.158 e. The molecule has 0 atom stereocenters. The molecule has 0 radical (unpaired) electrons. The highest BCUT2D eigenvalue weighted by Gasteiger charge is 1.96. The van der Waals surface area contributed by atoms with Crippen LogP contribution in [-0.4, -0.2) is 11.5 Å². The molecule has 0 saturated heterocycles. The first-order chi connectivity index (χ1) is 10.8.